The molecule has 0 spiro atoms. The lowest BCUT2D eigenvalue weighted by atomic mass is 10.1. The largest absolute Gasteiger partial charge is 0.328 e. The van der Waals surface area contributed by atoms with Gasteiger partial charge in [-0.05, 0) is 41.4 Å². The Balaban J connectivity index is 3.10. The number of halogens is 3. The van der Waals surface area contributed by atoms with E-state index in [4.69, 9.17) is 5.73 Å². The molecule has 0 saturated heterocycles. The van der Waals surface area contributed by atoms with E-state index in [2.05, 4.69) is 31.9 Å². The van der Waals surface area contributed by atoms with Gasteiger partial charge in [0.05, 0.1) is 4.47 Å². The van der Waals surface area contributed by atoms with E-state index in [1.165, 1.54) is 0 Å². The Hall–Kier alpha value is 0.0700. The van der Waals surface area contributed by atoms with Crippen molar-refractivity contribution < 1.29 is 4.39 Å². The highest BCUT2D eigenvalue weighted by Gasteiger charge is 2.11. The fourth-order valence-corrected chi connectivity index (χ4v) is 1.92. The van der Waals surface area contributed by atoms with E-state index in [-0.39, 0.29) is 11.9 Å². The van der Waals surface area contributed by atoms with Crippen LogP contribution in [0.15, 0.2) is 21.1 Å². The molecule has 0 amide bonds. The third kappa shape index (κ3) is 2.76. The van der Waals surface area contributed by atoms with Crippen LogP contribution in [0.1, 0.15) is 12.5 Å². The van der Waals surface area contributed by atoms with Crippen molar-refractivity contribution in [1.29, 1.82) is 0 Å². The van der Waals surface area contributed by atoms with Gasteiger partial charge >= 0.3 is 0 Å². The minimum atomic E-state index is -0.230. The molecule has 0 aliphatic heterocycles. The second-order valence-corrected chi connectivity index (χ2v) is 4.71. The zero-order valence-electron chi connectivity index (χ0n) is 7.15. The summed E-state index contributed by atoms with van der Waals surface area (Å²) in [4.78, 5) is 0. The number of rotatable bonds is 2. The first-order valence-corrected chi connectivity index (χ1v) is 5.49. The summed E-state index contributed by atoms with van der Waals surface area (Å²) in [6.07, 6.45) is 0.534. The van der Waals surface area contributed by atoms with E-state index in [1.54, 1.807) is 6.07 Å². The van der Waals surface area contributed by atoms with E-state index in [9.17, 15) is 4.39 Å². The Bertz CT molecular complexity index is 313. The van der Waals surface area contributed by atoms with E-state index in [0.29, 0.717) is 16.5 Å². The molecule has 72 valence electrons. The lowest BCUT2D eigenvalue weighted by Gasteiger charge is -2.09. The highest BCUT2D eigenvalue weighted by atomic mass is 79.9. The SMILES string of the molecule is CC(N)Cc1c(Br)ccc(Br)c1F. The quantitative estimate of drug-likeness (QED) is 0.834. The van der Waals surface area contributed by atoms with Crippen LogP contribution in [0, 0.1) is 5.82 Å². The summed E-state index contributed by atoms with van der Waals surface area (Å²) in [5.74, 6) is -0.230. The van der Waals surface area contributed by atoms with E-state index >= 15 is 0 Å². The normalized spacial score (nSPS) is 13.0. The number of benzene rings is 1. The molecule has 0 fully saturated rings. The highest BCUT2D eigenvalue weighted by molar-refractivity contribution is 9.11. The Labute approximate surface area is 93.8 Å². The van der Waals surface area contributed by atoms with Crippen molar-refractivity contribution in [1.82, 2.24) is 0 Å². The first-order chi connectivity index (χ1) is 6.02. The first kappa shape index (κ1) is 11.1. The molecule has 0 bridgehead atoms. The Morgan fingerprint density at radius 3 is 2.46 bits per heavy atom. The van der Waals surface area contributed by atoms with Crippen LogP contribution in [0.4, 0.5) is 4.39 Å². The van der Waals surface area contributed by atoms with E-state index in [0.717, 1.165) is 4.47 Å². The molecule has 4 heteroatoms. The van der Waals surface area contributed by atoms with Crippen LogP contribution in [0.25, 0.3) is 0 Å². The molecular formula is C9H10Br2FN. The average molecular weight is 311 g/mol. The van der Waals surface area contributed by atoms with Gasteiger partial charge in [-0.1, -0.05) is 15.9 Å². The molecule has 0 aliphatic rings. The van der Waals surface area contributed by atoms with Gasteiger partial charge in [0.2, 0.25) is 0 Å². The van der Waals surface area contributed by atoms with Crippen LogP contribution in [-0.4, -0.2) is 6.04 Å². The molecule has 1 rings (SSSR count). The third-order valence-corrected chi connectivity index (χ3v) is 3.02. The van der Waals surface area contributed by atoms with Gasteiger partial charge < -0.3 is 5.73 Å². The predicted octanol–water partition coefficient (Wildman–Crippen LogP) is 3.24. The molecule has 0 aromatic heterocycles. The van der Waals surface area contributed by atoms with Crippen LogP contribution >= 0.6 is 31.9 Å². The topological polar surface area (TPSA) is 26.0 Å². The molecule has 0 radical (unpaired) electrons. The number of nitrogens with two attached hydrogens (primary N) is 1. The summed E-state index contributed by atoms with van der Waals surface area (Å²) in [6, 6.07) is 3.44. The van der Waals surface area contributed by atoms with E-state index in [1.807, 2.05) is 13.0 Å². The smallest absolute Gasteiger partial charge is 0.141 e. The van der Waals surface area contributed by atoms with Gasteiger partial charge in [-0.25, -0.2) is 4.39 Å². The molecule has 0 aliphatic carbocycles. The van der Waals surface area contributed by atoms with Crippen molar-refractivity contribution in [2.24, 2.45) is 5.73 Å². The van der Waals surface area contributed by atoms with Crippen LogP contribution in [0.5, 0.6) is 0 Å². The van der Waals surface area contributed by atoms with Crippen molar-refractivity contribution in [2.75, 3.05) is 0 Å². The van der Waals surface area contributed by atoms with Gasteiger partial charge in [-0.2, -0.15) is 0 Å². The first-order valence-electron chi connectivity index (χ1n) is 3.90. The van der Waals surface area contributed by atoms with Crippen LogP contribution in [0.2, 0.25) is 0 Å². The standard InChI is InChI=1S/C9H10Br2FN/c1-5(13)4-6-7(10)2-3-8(11)9(6)12/h2-3,5H,4,13H2,1H3. The van der Waals surface area contributed by atoms with Gasteiger partial charge in [0.15, 0.2) is 0 Å². The fourth-order valence-electron chi connectivity index (χ4n) is 1.08. The lowest BCUT2D eigenvalue weighted by Crippen LogP contribution is -2.19. The highest BCUT2D eigenvalue weighted by Crippen LogP contribution is 2.26. The molecule has 0 heterocycles. The Morgan fingerprint density at radius 2 is 1.92 bits per heavy atom. The van der Waals surface area contributed by atoms with Crippen LogP contribution in [0.3, 0.4) is 0 Å². The maximum atomic E-state index is 13.5. The summed E-state index contributed by atoms with van der Waals surface area (Å²) in [5.41, 5.74) is 6.24. The van der Waals surface area contributed by atoms with Gasteiger partial charge in [-0.15, -0.1) is 0 Å². The maximum absolute atomic E-state index is 13.5. The number of hydrogen-bond acceptors (Lipinski definition) is 1. The second kappa shape index (κ2) is 4.53. The van der Waals surface area contributed by atoms with Crippen molar-refractivity contribution >= 4 is 31.9 Å². The molecular weight excluding hydrogens is 301 g/mol. The summed E-state index contributed by atoms with van der Waals surface area (Å²) in [7, 11) is 0. The summed E-state index contributed by atoms with van der Waals surface area (Å²) >= 11 is 6.43. The van der Waals surface area contributed by atoms with Crippen LogP contribution < -0.4 is 5.73 Å². The summed E-state index contributed by atoms with van der Waals surface area (Å²) in [6.45, 7) is 1.85. The minimum absolute atomic E-state index is 0.0416. The Kier molecular flexibility index (Phi) is 3.88. The number of hydrogen-bond donors (Lipinski definition) is 1. The van der Waals surface area contributed by atoms with Crippen molar-refractivity contribution in [3.8, 4) is 0 Å². The molecule has 1 aromatic carbocycles. The minimum Gasteiger partial charge on any atom is -0.328 e. The molecule has 0 saturated carbocycles. The maximum Gasteiger partial charge on any atom is 0.141 e. The summed E-state index contributed by atoms with van der Waals surface area (Å²) in [5, 5.41) is 0. The van der Waals surface area contributed by atoms with Gasteiger partial charge in [0.25, 0.3) is 0 Å². The summed E-state index contributed by atoms with van der Waals surface area (Å²) < 4.78 is 14.7. The van der Waals surface area contributed by atoms with Crippen molar-refractivity contribution in [2.45, 2.75) is 19.4 Å². The monoisotopic (exact) mass is 309 g/mol. The molecule has 13 heavy (non-hydrogen) atoms. The van der Waals surface area contributed by atoms with E-state index < -0.39 is 0 Å². The Morgan fingerprint density at radius 1 is 1.38 bits per heavy atom. The molecule has 2 N–H and O–H groups in total. The lowest BCUT2D eigenvalue weighted by molar-refractivity contribution is 0.588. The average Bonchev–Trinajstić information content (AvgIpc) is 2.05. The molecule has 1 nitrogen and oxygen atoms in total. The van der Waals surface area contributed by atoms with Gasteiger partial charge in [0, 0.05) is 16.1 Å². The van der Waals surface area contributed by atoms with Crippen molar-refractivity contribution in [3.05, 3.63) is 32.5 Å². The molecule has 1 unspecified atom stereocenters. The van der Waals surface area contributed by atoms with Gasteiger partial charge in [-0.3, -0.25) is 0 Å². The van der Waals surface area contributed by atoms with Crippen molar-refractivity contribution in [3.63, 3.8) is 0 Å². The fraction of sp³-hybridized carbons (Fsp3) is 0.333. The molecule has 1 aromatic rings. The predicted molar refractivity (Wildman–Crippen MR) is 59.2 cm³/mol. The zero-order chi connectivity index (χ0) is 10.0. The van der Waals surface area contributed by atoms with Gasteiger partial charge in [0.1, 0.15) is 5.82 Å². The van der Waals surface area contributed by atoms with Crippen LogP contribution in [-0.2, 0) is 6.42 Å². The zero-order valence-corrected chi connectivity index (χ0v) is 10.3. The molecule has 1 atom stereocenters. The third-order valence-electron chi connectivity index (χ3n) is 1.67. The second-order valence-electron chi connectivity index (χ2n) is 3.00.